The van der Waals surface area contributed by atoms with E-state index in [2.05, 4.69) is 0 Å². The molecule has 1 N–H and O–H groups in total. The maximum absolute atomic E-state index is 13.9. The van der Waals surface area contributed by atoms with Crippen molar-refractivity contribution in [3.63, 3.8) is 0 Å². The van der Waals surface area contributed by atoms with Gasteiger partial charge in [0.2, 0.25) is 0 Å². The van der Waals surface area contributed by atoms with Crippen LogP contribution >= 0.6 is 0 Å². The van der Waals surface area contributed by atoms with Crippen LogP contribution in [0.3, 0.4) is 0 Å². The van der Waals surface area contributed by atoms with Gasteiger partial charge in [-0.2, -0.15) is 0 Å². The van der Waals surface area contributed by atoms with E-state index in [-0.39, 0.29) is 0 Å². The predicted molar refractivity (Wildman–Crippen MR) is 67.8 cm³/mol. The SMILES string of the molecule is CN(c1ccc(F)cc1)c1c(F)cc(C(=O)O)cc1F. The molecular formula is C14H10F3NO2. The van der Waals surface area contributed by atoms with Crippen molar-refractivity contribution in [2.45, 2.75) is 0 Å². The zero-order valence-electron chi connectivity index (χ0n) is 10.4. The smallest absolute Gasteiger partial charge is 0.335 e. The number of carboxylic acids is 1. The Bertz CT molecular complexity index is 633. The minimum Gasteiger partial charge on any atom is -0.478 e. The van der Waals surface area contributed by atoms with Crippen LogP contribution in [0.25, 0.3) is 0 Å². The van der Waals surface area contributed by atoms with Crippen LogP contribution in [-0.2, 0) is 0 Å². The van der Waals surface area contributed by atoms with Crippen molar-refractivity contribution < 1.29 is 23.1 Å². The van der Waals surface area contributed by atoms with E-state index >= 15 is 0 Å². The highest BCUT2D eigenvalue weighted by atomic mass is 19.1. The Kier molecular flexibility index (Phi) is 3.65. The summed E-state index contributed by atoms with van der Waals surface area (Å²) in [4.78, 5) is 11.9. The summed E-state index contributed by atoms with van der Waals surface area (Å²) in [6, 6.07) is 6.51. The van der Waals surface area contributed by atoms with E-state index in [4.69, 9.17) is 5.11 Å². The lowest BCUT2D eigenvalue weighted by Crippen LogP contribution is -2.14. The minimum absolute atomic E-state index is 0.368. The molecular weight excluding hydrogens is 271 g/mol. The van der Waals surface area contributed by atoms with Gasteiger partial charge in [-0.05, 0) is 36.4 Å². The third kappa shape index (κ3) is 2.59. The molecule has 0 aliphatic heterocycles. The van der Waals surface area contributed by atoms with E-state index in [0.29, 0.717) is 5.69 Å². The Morgan fingerprint density at radius 2 is 1.55 bits per heavy atom. The fourth-order valence-corrected chi connectivity index (χ4v) is 1.80. The van der Waals surface area contributed by atoms with Crippen LogP contribution in [0.4, 0.5) is 24.5 Å². The van der Waals surface area contributed by atoms with Crippen molar-refractivity contribution in [1.29, 1.82) is 0 Å². The van der Waals surface area contributed by atoms with E-state index in [1.807, 2.05) is 0 Å². The standard InChI is InChI=1S/C14H10F3NO2/c1-18(10-4-2-9(15)3-5-10)13-11(16)6-8(14(19)20)7-12(13)17/h2-7H,1H3,(H,19,20). The number of benzene rings is 2. The molecule has 2 rings (SSSR count). The molecule has 0 aliphatic carbocycles. The lowest BCUT2D eigenvalue weighted by atomic mass is 10.1. The average molecular weight is 281 g/mol. The summed E-state index contributed by atoms with van der Waals surface area (Å²) >= 11 is 0. The van der Waals surface area contributed by atoms with Crippen LogP contribution in [0.5, 0.6) is 0 Å². The van der Waals surface area contributed by atoms with Crippen molar-refractivity contribution in [3.05, 3.63) is 59.4 Å². The predicted octanol–water partition coefficient (Wildman–Crippen LogP) is 3.57. The highest BCUT2D eigenvalue weighted by molar-refractivity contribution is 5.88. The second-order valence-corrected chi connectivity index (χ2v) is 4.13. The van der Waals surface area contributed by atoms with E-state index in [0.717, 1.165) is 24.3 Å². The number of hydrogen-bond acceptors (Lipinski definition) is 2. The van der Waals surface area contributed by atoms with Crippen LogP contribution in [0.15, 0.2) is 36.4 Å². The Balaban J connectivity index is 2.47. The first kappa shape index (κ1) is 13.9. The summed E-state index contributed by atoms with van der Waals surface area (Å²) in [6.45, 7) is 0. The Morgan fingerprint density at radius 1 is 1.05 bits per heavy atom. The number of anilines is 2. The fourth-order valence-electron chi connectivity index (χ4n) is 1.80. The zero-order valence-corrected chi connectivity index (χ0v) is 10.4. The molecule has 20 heavy (non-hydrogen) atoms. The van der Waals surface area contributed by atoms with Gasteiger partial charge >= 0.3 is 5.97 Å². The van der Waals surface area contributed by atoms with Crippen molar-refractivity contribution in [2.24, 2.45) is 0 Å². The van der Waals surface area contributed by atoms with E-state index in [1.54, 1.807) is 0 Å². The van der Waals surface area contributed by atoms with Gasteiger partial charge in [-0.1, -0.05) is 0 Å². The van der Waals surface area contributed by atoms with Crippen molar-refractivity contribution in [2.75, 3.05) is 11.9 Å². The summed E-state index contributed by atoms with van der Waals surface area (Å²) in [7, 11) is 1.40. The van der Waals surface area contributed by atoms with Crippen LogP contribution in [0.1, 0.15) is 10.4 Å². The summed E-state index contributed by atoms with van der Waals surface area (Å²) in [5.74, 6) is -3.90. The van der Waals surface area contributed by atoms with Crippen LogP contribution in [0, 0.1) is 17.5 Å². The van der Waals surface area contributed by atoms with Gasteiger partial charge in [0.15, 0.2) is 11.6 Å². The van der Waals surface area contributed by atoms with Gasteiger partial charge in [0.1, 0.15) is 11.5 Å². The lowest BCUT2D eigenvalue weighted by Gasteiger charge is -2.21. The minimum atomic E-state index is -1.42. The molecule has 104 valence electrons. The molecule has 0 aliphatic rings. The van der Waals surface area contributed by atoms with Gasteiger partial charge in [-0.15, -0.1) is 0 Å². The molecule has 0 bridgehead atoms. The maximum Gasteiger partial charge on any atom is 0.335 e. The second-order valence-electron chi connectivity index (χ2n) is 4.13. The number of hydrogen-bond donors (Lipinski definition) is 1. The number of aromatic carboxylic acids is 1. The number of halogens is 3. The third-order valence-electron chi connectivity index (χ3n) is 2.81. The molecule has 6 heteroatoms. The van der Waals surface area contributed by atoms with Crippen molar-refractivity contribution in [3.8, 4) is 0 Å². The number of carbonyl (C=O) groups is 1. The Hall–Kier alpha value is -2.50. The fraction of sp³-hybridized carbons (Fsp3) is 0.0714. The van der Waals surface area contributed by atoms with E-state index in [9.17, 15) is 18.0 Å². The summed E-state index contributed by atoms with van der Waals surface area (Å²) in [6.07, 6.45) is 0. The molecule has 0 amide bonds. The lowest BCUT2D eigenvalue weighted by molar-refractivity contribution is 0.0696. The maximum atomic E-state index is 13.9. The summed E-state index contributed by atoms with van der Waals surface area (Å²) in [5.41, 5.74) is -0.509. The van der Waals surface area contributed by atoms with Crippen LogP contribution < -0.4 is 4.90 Å². The largest absolute Gasteiger partial charge is 0.478 e. The monoisotopic (exact) mass is 281 g/mol. The molecule has 2 aromatic carbocycles. The molecule has 3 nitrogen and oxygen atoms in total. The number of rotatable bonds is 3. The quantitative estimate of drug-likeness (QED) is 0.935. The Labute approximate surface area is 112 Å². The van der Waals surface area contributed by atoms with Gasteiger partial charge in [0.05, 0.1) is 5.56 Å². The molecule has 0 radical (unpaired) electrons. The first-order valence-corrected chi connectivity index (χ1v) is 5.62. The molecule has 2 aromatic rings. The molecule has 0 aromatic heterocycles. The van der Waals surface area contributed by atoms with Crippen molar-refractivity contribution in [1.82, 2.24) is 0 Å². The van der Waals surface area contributed by atoms with Crippen molar-refractivity contribution >= 4 is 17.3 Å². The summed E-state index contributed by atoms with van der Waals surface area (Å²) in [5, 5.41) is 8.72. The van der Waals surface area contributed by atoms with Gasteiger partial charge in [-0.3, -0.25) is 0 Å². The van der Waals surface area contributed by atoms with E-state index < -0.39 is 34.7 Å². The third-order valence-corrected chi connectivity index (χ3v) is 2.81. The van der Waals surface area contributed by atoms with Gasteiger partial charge < -0.3 is 10.0 Å². The van der Waals surface area contributed by atoms with Crippen LogP contribution in [0.2, 0.25) is 0 Å². The molecule has 0 saturated heterocycles. The van der Waals surface area contributed by atoms with Gasteiger partial charge in [-0.25, -0.2) is 18.0 Å². The highest BCUT2D eigenvalue weighted by Crippen LogP contribution is 2.30. The average Bonchev–Trinajstić information content (AvgIpc) is 2.38. The first-order valence-electron chi connectivity index (χ1n) is 5.62. The molecule has 0 saturated carbocycles. The summed E-state index contributed by atoms with van der Waals surface area (Å²) < 4.78 is 40.6. The normalized spacial score (nSPS) is 10.4. The molecule has 0 spiro atoms. The first-order chi connectivity index (χ1) is 9.40. The number of carboxylic acid groups (broad SMARTS) is 1. The molecule has 0 unspecified atom stereocenters. The van der Waals surface area contributed by atoms with Gasteiger partial charge in [0.25, 0.3) is 0 Å². The molecule has 0 fully saturated rings. The number of nitrogens with zero attached hydrogens (tertiary/aromatic N) is 1. The van der Waals surface area contributed by atoms with Gasteiger partial charge in [0, 0.05) is 12.7 Å². The van der Waals surface area contributed by atoms with E-state index in [1.165, 1.54) is 24.1 Å². The molecule has 0 heterocycles. The van der Waals surface area contributed by atoms with Crippen LogP contribution in [-0.4, -0.2) is 18.1 Å². The second kappa shape index (κ2) is 5.24. The zero-order chi connectivity index (χ0) is 14.9. The highest BCUT2D eigenvalue weighted by Gasteiger charge is 2.18. The molecule has 0 atom stereocenters. The Morgan fingerprint density at radius 3 is 2.00 bits per heavy atom. The topological polar surface area (TPSA) is 40.5 Å².